The van der Waals surface area contributed by atoms with Crippen molar-refractivity contribution in [3.8, 4) is 0 Å². The van der Waals surface area contributed by atoms with Gasteiger partial charge in [-0.05, 0) is 25.1 Å². The fourth-order valence-electron chi connectivity index (χ4n) is 2.19. The van der Waals surface area contributed by atoms with Gasteiger partial charge in [0.1, 0.15) is 0 Å². The molecule has 1 atom stereocenters. The average molecular weight is 232 g/mol. The molecule has 1 unspecified atom stereocenters. The largest absolute Gasteiger partial charge is 0.399 e. The van der Waals surface area contributed by atoms with Crippen molar-refractivity contribution < 1.29 is 4.74 Å². The molecule has 2 heterocycles. The maximum absolute atomic E-state index is 5.76. The van der Waals surface area contributed by atoms with Crippen LogP contribution in [0.15, 0.2) is 18.2 Å². The Hall–Kier alpha value is -1.75. The van der Waals surface area contributed by atoms with Gasteiger partial charge in [0.2, 0.25) is 5.95 Å². The van der Waals surface area contributed by atoms with Crippen LogP contribution < -0.4 is 10.6 Å². The van der Waals surface area contributed by atoms with Crippen LogP contribution in [0.1, 0.15) is 6.92 Å². The van der Waals surface area contributed by atoms with Crippen LogP contribution in [0.25, 0.3) is 11.0 Å². The van der Waals surface area contributed by atoms with E-state index in [2.05, 4.69) is 21.8 Å². The number of nitrogens with zero attached hydrogens (tertiary/aromatic N) is 2. The summed E-state index contributed by atoms with van der Waals surface area (Å²) in [5, 5.41) is 0. The van der Waals surface area contributed by atoms with Crippen LogP contribution in [0.4, 0.5) is 11.6 Å². The van der Waals surface area contributed by atoms with Gasteiger partial charge in [0, 0.05) is 12.2 Å². The molecule has 5 heteroatoms. The molecule has 3 N–H and O–H groups in total. The molecule has 2 aromatic rings. The summed E-state index contributed by atoms with van der Waals surface area (Å²) in [6, 6.07) is 6.07. The van der Waals surface area contributed by atoms with Crippen LogP contribution in [-0.2, 0) is 4.74 Å². The SMILES string of the molecule is CC1COCCN1c1nc2ccc(N)cc2[nH]1. The number of ether oxygens (including phenoxy) is 1. The molecule has 5 nitrogen and oxygen atoms in total. The number of hydrogen-bond donors (Lipinski definition) is 2. The highest BCUT2D eigenvalue weighted by Crippen LogP contribution is 2.22. The number of anilines is 2. The third-order valence-electron chi connectivity index (χ3n) is 3.13. The normalized spacial score (nSPS) is 21.0. The maximum atomic E-state index is 5.76. The van der Waals surface area contributed by atoms with Crippen LogP contribution in [0.5, 0.6) is 0 Å². The predicted octanol–water partition coefficient (Wildman–Crippen LogP) is 1.37. The molecule has 0 saturated carbocycles. The highest BCUT2D eigenvalue weighted by Gasteiger charge is 2.21. The molecule has 0 radical (unpaired) electrons. The smallest absolute Gasteiger partial charge is 0.204 e. The number of morpholine rings is 1. The lowest BCUT2D eigenvalue weighted by Crippen LogP contribution is -2.44. The molecule has 0 aliphatic carbocycles. The van der Waals surface area contributed by atoms with Crippen LogP contribution in [0.2, 0.25) is 0 Å². The van der Waals surface area contributed by atoms with Gasteiger partial charge in [-0.1, -0.05) is 0 Å². The molecule has 1 fully saturated rings. The first kappa shape index (κ1) is 10.4. The van der Waals surface area contributed by atoms with Crippen LogP contribution in [0.3, 0.4) is 0 Å². The minimum Gasteiger partial charge on any atom is -0.399 e. The number of benzene rings is 1. The number of nitrogen functional groups attached to an aromatic ring is 1. The summed E-state index contributed by atoms with van der Waals surface area (Å²) >= 11 is 0. The van der Waals surface area contributed by atoms with Crippen molar-refractivity contribution >= 4 is 22.7 Å². The van der Waals surface area contributed by atoms with E-state index in [9.17, 15) is 0 Å². The van der Waals surface area contributed by atoms with E-state index in [0.29, 0.717) is 6.04 Å². The molecule has 1 aliphatic heterocycles. The van der Waals surface area contributed by atoms with E-state index in [1.165, 1.54) is 0 Å². The number of aromatic amines is 1. The van der Waals surface area contributed by atoms with Gasteiger partial charge in [-0.25, -0.2) is 4.98 Å². The number of nitrogens with one attached hydrogen (secondary N) is 1. The molecule has 0 bridgehead atoms. The second-order valence-corrected chi connectivity index (χ2v) is 4.45. The Balaban J connectivity index is 1.99. The first-order valence-electron chi connectivity index (χ1n) is 5.83. The Morgan fingerprint density at radius 3 is 3.24 bits per heavy atom. The van der Waals surface area contributed by atoms with Gasteiger partial charge in [0.15, 0.2) is 0 Å². The number of H-pyrrole nitrogens is 1. The Kier molecular flexibility index (Phi) is 2.40. The van der Waals surface area contributed by atoms with Gasteiger partial charge in [-0.3, -0.25) is 0 Å². The Bertz CT molecular complexity index is 536. The second kappa shape index (κ2) is 3.92. The summed E-state index contributed by atoms with van der Waals surface area (Å²) in [6.45, 7) is 4.51. The number of rotatable bonds is 1. The van der Waals surface area contributed by atoms with Gasteiger partial charge in [0.25, 0.3) is 0 Å². The van der Waals surface area contributed by atoms with Crippen LogP contribution >= 0.6 is 0 Å². The molecule has 1 aliphatic rings. The van der Waals surface area contributed by atoms with Crippen molar-refractivity contribution in [1.29, 1.82) is 0 Å². The lowest BCUT2D eigenvalue weighted by atomic mass is 10.3. The summed E-state index contributed by atoms with van der Waals surface area (Å²) < 4.78 is 5.42. The molecular weight excluding hydrogens is 216 g/mol. The number of hydrogen-bond acceptors (Lipinski definition) is 4. The van der Waals surface area contributed by atoms with Crippen LogP contribution in [-0.4, -0.2) is 35.8 Å². The van der Waals surface area contributed by atoms with Crippen molar-refractivity contribution in [1.82, 2.24) is 9.97 Å². The highest BCUT2D eigenvalue weighted by molar-refractivity contribution is 5.80. The minimum absolute atomic E-state index is 0.349. The number of aromatic nitrogens is 2. The summed E-state index contributed by atoms with van der Waals surface area (Å²) in [4.78, 5) is 10.1. The first-order valence-corrected chi connectivity index (χ1v) is 5.83. The van der Waals surface area contributed by atoms with Gasteiger partial charge < -0.3 is 20.4 Å². The van der Waals surface area contributed by atoms with E-state index in [4.69, 9.17) is 10.5 Å². The molecular formula is C12H16N4O. The summed E-state index contributed by atoms with van der Waals surface area (Å²) in [7, 11) is 0. The van der Waals surface area contributed by atoms with E-state index in [0.717, 1.165) is 42.4 Å². The van der Waals surface area contributed by atoms with Crippen molar-refractivity contribution in [3.05, 3.63) is 18.2 Å². The van der Waals surface area contributed by atoms with E-state index >= 15 is 0 Å². The third-order valence-corrected chi connectivity index (χ3v) is 3.13. The molecule has 17 heavy (non-hydrogen) atoms. The summed E-state index contributed by atoms with van der Waals surface area (Å²) in [5.41, 5.74) is 8.45. The van der Waals surface area contributed by atoms with Gasteiger partial charge in [-0.15, -0.1) is 0 Å². The molecule has 0 spiro atoms. The van der Waals surface area contributed by atoms with Gasteiger partial charge in [0.05, 0.1) is 30.3 Å². The first-order chi connectivity index (χ1) is 8.24. The average Bonchev–Trinajstić information content (AvgIpc) is 2.72. The van der Waals surface area contributed by atoms with Gasteiger partial charge >= 0.3 is 0 Å². The zero-order valence-corrected chi connectivity index (χ0v) is 9.81. The fourth-order valence-corrected chi connectivity index (χ4v) is 2.19. The standard InChI is InChI=1S/C12H16N4O/c1-8-7-17-5-4-16(8)12-14-10-3-2-9(13)6-11(10)15-12/h2-3,6,8H,4-5,7,13H2,1H3,(H,14,15). The predicted molar refractivity (Wildman–Crippen MR) is 68.1 cm³/mol. The van der Waals surface area contributed by atoms with E-state index in [1.54, 1.807) is 0 Å². The zero-order chi connectivity index (χ0) is 11.8. The van der Waals surface area contributed by atoms with E-state index < -0.39 is 0 Å². The van der Waals surface area contributed by atoms with Crippen molar-refractivity contribution in [2.45, 2.75) is 13.0 Å². The van der Waals surface area contributed by atoms with Crippen molar-refractivity contribution in [2.75, 3.05) is 30.4 Å². The summed E-state index contributed by atoms with van der Waals surface area (Å²) in [5.74, 6) is 0.904. The molecule has 1 aromatic heterocycles. The van der Waals surface area contributed by atoms with Crippen molar-refractivity contribution in [2.24, 2.45) is 0 Å². The lowest BCUT2D eigenvalue weighted by Gasteiger charge is -2.32. The zero-order valence-electron chi connectivity index (χ0n) is 9.81. The molecule has 90 valence electrons. The molecule has 3 rings (SSSR count). The van der Waals surface area contributed by atoms with Crippen molar-refractivity contribution in [3.63, 3.8) is 0 Å². The molecule has 1 aromatic carbocycles. The Labute approximate surface area is 99.6 Å². The van der Waals surface area contributed by atoms with Gasteiger partial charge in [-0.2, -0.15) is 0 Å². The van der Waals surface area contributed by atoms with E-state index in [1.807, 2.05) is 18.2 Å². The van der Waals surface area contributed by atoms with Crippen LogP contribution in [0, 0.1) is 0 Å². The Morgan fingerprint density at radius 2 is 2.41 bits per heavy atom. The molecule has 0 amide bonds. The Morgan fingerprint density at radius 1 is 1.53 bits per heavy atom. The second-order valence-electron chi connectivity index (χ2n) is 4.45. The third kappa shape index (κ3) is 1.82. The highest BCUT2D eigenvalue weighted by atomic mass is 16.5. The number of fused-ring (bicyclic) bond motifs is 1. The van der Waals surface area contributed by atoms with E-state index in [-0.39, 0.29) is 0 Å². The number of imidazole rings is 1. The maximum Gasteiger partial charge on any atom is 0.204 e. The monoisotopic (exact) mass is 232 g/mol. The molecule has 1 saturated heterocycles. The fraction of sp³-hybridized carbons (Fsp3) is 0.417. The minimum atomic E-state index is 0.349. The lowest BCUT2D eigenvalue weighted by molar-refractivity contribution is 0.0982. The topological polar surface area (TPSA) is 67.2 Å². The summed E-state index contributed by atoms with van der Waals surface area (Å²) in [6.07, 6.45) is 0. The number of nitrogens with two attached hydrogens (primary N) is 1. The quantitative estimate of drug-likeness (QED) is 0.729.